The van der Waals surface area contributed by atoms with E-state index in [1.165, 1.54) is 6.07 Å². The van der Waals surface area contributed by atoms with Crippen molar-refractivity contribution >= 4 is 11.8 Å². The van der Waals surface area contributed by atoms with E-state index in [4.69, 9.17) is 5.11 Å². The molecule has 23 heavy (non-hydrogen) atoms. The number of rotatable bonds is 4. The molecule has 0 saturated carbocycles. The van der Waals surface area contributed by atoms with E-state index in [9.17, 15) is 27.2 Å². The molecule has 2 rings (SSSR count). The Morgan fingerprint density at radius 2 is 1.70 bits per heavy atom. The van der Waals surface area contributed by atoms with Crippen molar-refractivity contribution in [1.29, 1.82) is 0 Å². The number of alkyl halides is 3. The molecule has 0 aliphatic rings. The van der Waals surface area contributed by atoms with Crippen molar-refractivity contribution in [2.45, 2.75) is 6.36 Å². The van der Waals surface area contributed by atoms with Crippen LogP contribution in [0.5, 0.6) is 5.75 Å². The lowest BCUT2D eigenvalue weighted by molar-refractivity contribution is -0.274. The third-order valence-electron chi connectivity index (χ3n) is 2.79. The summed E-state index contributed by atoms with van der Waals surface area (Å²) < 4.78 is 53.4. The molecule has 4 nitrogen and oxygen atoms in total. The van der Waals surface area contributed by atoms with E-state index in [0.717, 1.165) is 30.3 Å². The number of carbonyl (C=O) groups excluding carboxylic acids is 1. The van der Waals surface area contributed by atoms with Crippen LogP contribution >= 0.6 is 0 Å². The Bertz CT molecular complexity index is 768. The molecule has 2 aromatic carbocycles. The van der Waals surface area contributed by atoms with Gasteiger partial charge in [0.25, 0.3) is 0 Å². The quantitative estimate of drug-likeness (QED) is 0.687. The average molecular weight is 328 g/mol. The molecule has 2 aromatic rings. The fourth-order valence-corrected chi connectivity index (χ4v) is 1.88. The molecule has 0 saturated heterocycles. The van der Waals surface area contributed by atoms with E-state index in [-0.39, 0.29) is 11.1 Å². The Hall–Kier alpha value is -2.90. The molecular weight excluding hydrogens is 320 g/mol. The van der Waals surface area contributed by atoms with E-state index in [0.29, 0.717) is 6.07 Å². The van der Waals surface area contributed by atoms with Crippen LogP contribution in [0.25, 0.3) is 0 Å². The predicted molar refractivity (Wildman–Crippen MR) is 69.9 cm³/mol. The highest BCUT2D eigenvalue weighted by molar-refractivity contribution is 6.14. The molecule has 1 N–H and O–H groups in total. The van der Waals surface area contributed by atoms with Gasteiger partial charge in [0, 0.05) is 11.1 Å². The van der Waals surface area contributed by atoms with Crippen LogP contribution in [0.4, 0.5) is 17.6 Å². The van der Waals surface area contributed by atoms with Gasteiger partial charge in [0.1, 0.15) is 11.6 Å². The molecule has 8 heteroatoms. The van der Waals surface area contributed by atoms with Crippen molar-refractivity contribution in [3.05, 3.63) is 65.0 Å². The summed E-state index contributed by atoms with van der Waals surface area (Å²) in [5.74, 6) is -3.87. The summed E-state index contributed by atoms with van der Waals surface area (Å²) in [5.41, 5.74) is -1.15. The minimum atomic E-state index is -4.93. The van der Waals surface area contributed by atoms with Crippen molar-refractivity contribution in [2.24, 2.45) is 0 Å². The number of benzene rings is 2. The molecule has 0 aliphatic heterocycles. The Morgan fingerprint density at radius 1 is 1.00 bits per heavy atom. The highest BCUT2D eigenvalue weighted by atomic mass is 19.4. The number of ketones is 1. The van der Waals surface area contributed by atoms with Crippen molar-refractivity contribution in [1.82, 2.24) is 0 Å². The summed E-state index contributed by atoms with van der Waals surface area (Å²) in [7, 11) is 0. The molecule has 0 aromatic heterocycles. The standard InChI is InChI=1S/C15H8F4O4/c16-9-4-5-11(12(7-9)14(21)22)13(20)8-2-1-3-10(6-8)23-15(17,18)19/h1-7H,(H,21,22). The molecule has 0 radical (unpaired) electrons. The van der Waals surface area contributed by atoms with Crippen molar-refractivity contribution in [3.63, 3.8) is 0 Å². The SMILES string of the molecule is O=C(O)c1cc(F)ccc1C(=O)c1cccc(OC(F)(F)F)c1. The Morgan fingerprint density at radius 3 is 2.30 bits per heavy atom. The fraction of sp³-hybridized carbons (Fsp3) is 0.0667. The summed E-state index contributed by atoms with van der Waals surface area (Å²) in [5, 5.41) is 9.00. The predicted octanol–water partition coefficient (Wildman–Crippen LogP) is 3.65. The maximum Gasteiger partial charge on any atom is 0.573 e. The number of halogens is 4. The first kappa shape index (κ1) is 16.5. The zero-order valence-corrected chi connectivity index (χ0v) is 11.2. The molecular formula is C15H8F4O4. The molecule has 0 fully saturated rings. The van der Waals surface area contributed by atoms with Gasteiger partial charge in [-0.2, -0.15) is 0 Å². The van der Waals surface area contributed by atoms with E-state index < -0.39 is 35.2 Å². The van der Waals surface area contributed by atoms with E-state index in [1.807, 2.05) is 0 Å². The topological polar surface area (TPSA) is 63.6 Å². The second-order valence-electron chi connectivity index (χ2n) is 4.40. The lowest BCUT2D eigenvalue weighted by Crippen LogP contribution is -2.17. The van der Waals surface area contributed by atoms with Crippen LogP contribution in [0.1, 0.15) is 26.3 Å². The lowest BCUT2D eigenvalue weighted by atomic mass is 9.98. The molecule has 0 amide bonds. The van der Waals surface area contributed by atoms with Crippen LogP contribution in [-0.2, 0) is 0 Å². The normalized spacial score (nSPS) is 11.1. The molecule has 0 atom stereocenters. The first-order valence-corrected chi connectivity index (χ1v) is 6.11. The van der Waals surface area contributed by atoms with Crippen LogP contribution < -0.4 is 4.74 Å². The van der Waals surface area contributed by atoms with Gasteiger partial charge in [-0.05, 0) is 30.3 Å². The first-order chi connectivity index (χ1) is 10.7. The maximum atomic E-state index is 13.1. The molecule has 0 heterocycles. The molecule has 0 spiro atoms. The summed E-state index contributed by atoms with van der Waals surface area (Å²) >= 11 is 0. The summed E-state index contributed by atoms with van der Waals surface area (Å²) in [6.45, 7) is 0. The summed E-state index contributed by atoms with van der Waals surface area (Å²) in [6, 6.07) is 6.66. The number of hydrogen-bond donors (Lipinski definition) is 1. The Labute approximate surface area is 126 Å². The molecule has 0 bridgehead atoms. The van der Waals surface area contributed by atoms with Gasteiger partial charge in [0.15, 0.2) is 5.78 Å². The highest BCUT2D eigenvalue weighted by Gasteiger charge is 2.31. The van der Waals surface area contributed by atoms with Crippen LogP contribution in [0.2, 0.25) is 0 Å². The van der Waals surface area contributed by atoms with E-state index in [1.54, 1.807) is 0 Å². The monoisotopic (exact) mass is 328 g/mol. The van der Waals surface area contributed by atoms with Gasteiger partial charge in [-0.1, -0.05) is 12.1 Å². The van der Waals surface area contributed by atoms with Crippen LogP contribution in [0.3, 0.4) is 0 Å². The first-order valence-electron chi connectivity index (χ1n) is 6.11. The third-order valence-corrected chi connectivity index (χ3v) is 2.79. The van der Waals surface area contributed by atoms with Gasteiger partial charge in [0.2, 0.25) is 0 Å². The average Bonchev–Trinajstić information content (AvgIpc) is 2.45. The largest absolute Gasteiger partial charge is 0.573 e. The van der Waals surface area contributed by atoms with Crippen LogP contribution in [-0.4, -0.2) is 23.2 Å². The fourth-order valence-electron chi connectivity index (χ4n) is 1.88. The van der Waals surface area contributed by atoms with E-state index in [2.05, 4.69) is 4.74 Å². The number of carboxylic acid groups (broad SMARTS) is 1. The van der Waals surface area contributed by atoms with Crippen LogP contribution in [0, 0.1) is 5.82 Å². The smallest absolute Gasteiger partial charge is 0.478 e. The lowest BCUT2D eigenvalue weighted by Gasteiger charge is -2.10. The Balaban J connectivity index is 2.42. The molecule has 120 valence electrons. The van der Waals surface area contributed by atoms with Gasteiger partial charge in [-0.25, -0.2) is 9.18 Å². The van der Waals surface area contributed by atoms with Gasteiger partial charge in [-0.3, -0.25) is 4.79 Å². The number of hydrogen-bond acceptors (Lipinski definition) is 3. The zero-order chi connectivity index (χ0) is 17.2. The van der Waals surface area contributed by atoms with Gasteiger partial charge < -0.3 is 9.84 Å². The summed E-state index contributed by atoms with van der Waals surface area (Å²) in [6.07, 6.45) is -4.93. The molecule has 0 unspecified atom stereocenters. The van der Waals surface area contributed by atoms with Gasteiger partial charge in [0.05, 0.1) is 5.56 Å². The van der Waals surface area contributed by atoms with Gasteiger partial charge in [-0.15, -0.1) is 13.2 Å². The van der Waals surface area contributed by atoms with Crippen molar-refractivity contribution < 1.29 is 37.0 Å². The minimum absolute atomic E-state index is 0.221. The number of aromatic carboxylic acids is 1. The number of carbonyl (C=O) groups is 2. The second-order valence-corrected chi connectivity index (χ2v) is 4.40. The maximum absolute atomic E-state index is 13.1. The van der Waals surface area contributed by atoms with E-state index >= 15 is 0 Å². The van der Waals surface area contributed by atoms with Crippen molar-refractivity contribution in [3.8, 4) is 5.75 Å². The van der Waals surface area contributed by atoms with Crippen LogP contribution in [0.15, 0.2) is 42.5 Å². The van der Waals surface area contributed by atoms with Gasteiger partial charge >= 0.3 is 12.3 Å². The Kier molecular flexibility index (Phi) is 4.35. The zero-order valence-electron chi connectivity index (χ0n) is 11.2. The molecule has 0 aliphatic carbocycles. The minimum Gasteiger partial charge on any atom is -0.478 e. The third kappa shape index (κ3) is 4.06. The second kappa shape index (κ2) is 6.07. The van der Waals surface area contributed by atoms with Crippen molar-refractivity contribution in [2.75, 3.05) is 0 Å². The number of ether oxygens (including phenoxy) is 1. The summed E-state index contributed by atoms with van der Waals surface area (Å²) in [4.78, 5) is 23.4. The number of carboxylic acids is 1. The highest BCUT2D eigenvalue weighted by Crippen LogP contribution is 2.25.